The summed E-state index contributed by atoms with van der Waals surface area (Å²) in [6, 6.07) is 12.6. The maximum Gasteiger partial charge on any atom is 0.287 e. The van der Waals surface area contributed by atoms with E-state index in [-0.39, 0.29) is 24.3 Å². The standard InChI is InChI=1S/C27H30N4O5/c1-35-22-12-5-11-21(16-22)31(24(32)18-29-26(33)23-13-7-15-36-23)25(19-8-6-14-28-17-19)27(34)30-20-9-3-2-4-10-20/h5-8,11-17,20,25H,2-4,9-10,18H2,1H3,(H,29,33)(H,30,34)/t25-/m0/s1. The van der Waals surface area contributed by atoms with E-state index in [1.165, 1.54) is 24.3 Å². The average molecular weight is 491 g/mol. The Labute approximate surface area is 209 Å². The normalized spacial score (nSPS) is 14.5. The van der Waals surface area contributed by atoms with Gasteiger partial charge in [-0.25, -0.2) is 0 Å². The molecule has 3 aromatic rings. The van der Waals surface area contributed by atoms with Crippen molar-refractivity contribution in [3.63, 3.8) is 0 Å². The summed E-state index contributed by atoms with van der Waals surface area (Å²) in [4.78, 5) is 45.4. The zero-order valence-corrected chi connectivity index (χ0v) is 20.2. The lowest BCUT2D eigenvalue weighted by atomic mass is 9.94. The topological polar surface area (TPSA) is 114 Å². The zero-order chi connectivity index (χ0) is 25.3. The van der Waals surface area contributed by atoms with Crippen LogP contribution in [0.5, 0.6) is 5.75 Å². The van der Waals surface area contributed by atoms with Gasteiger partial charge in [-0.3, -0.25) is 24.3 Å². The molecule has 0 unspecified atom stereocenters. The number of aromatic nitrogens is 1. The van der Waals surface area contributed by atoms with Crippen LogP contribution >= 0.6 is 0 Å². The number of rotatable bonds is 9. The number of nitrogens with zero attached hydrogens (tertiary/aromatic N) is 2. The quantitative estimate of drug-likeness (QED) is 0.474. The van der Waals surface area contributed by atoms with E-state index in [4.69, 9.17) is 9.15 Å². The van der Waals surface area contributed by atoms with Crippen molar-refractivity contribution in [1.29, 1.82) is 0 Å². The first-order chi connectivity index (χ1) is 17.6. The Bertz CT molecular complexity index is 1160. The van der Waals surface area contributed by atoms with Gasteiger partial charge in [0.05, 0.1) is 19.9 Å². The summed E-state index contributed by atoms with van der Waals surface area (Å²) in [7, 11) is 1.53. The highest BCUT2D eigenvalue weighted by Gasteiger charge is 2.34. The van der Waals surface area contributed by atoms with Gasteiger partial charge >= 0.3 is 0 Å². The third-order valence-electron chi connectivity index (χ3n) is 6.20. The molecule has 0 aliphatic heterocycles. The molecule has 1 aromatic carbocycles. The van der Waals surface area contributed by atoms with E-state index in [1.807, 2.05) is 0 Å². The SMILES string of the molecule is COc1cccc(N(C(=O)CNC(=O)c2ccco2)[C@H](C(=O)NC2CCCCC2)c2cccnc2)c1. The van der Waals surface area contributed by atoms with E-state index in [0.717, 1.165) is 32.1 Å². The second kappa shape index (κ2) is 12.0. The second-order valence-corrected chi connectivity index (χ2v) is 8.66. The van der Waals surface area contributed by atoms with Crippen molar-refractivity contribution < 1.29 is 23.5 Å². The molecule has 1 atom stereocenters. The minimum Gasteiger partial charge on any atom is -0.497 e. The van der Waals surface area contributed by atoms with Crippen LogP contribution in [0.25, 0.3) is 0 Å². The predicted octanol–water partition coefficient (Wildman–Crippen LogP) is 3.64. The molecule has 9 nitrogen and oxygen atoms in total. The van der Waals surface area contributed by atoms with Gasteiger partial charge in [0.25, 0.3) is 5.91 Å². The van der Waals surface area contributed by atoms with Gasteiger partial charge in [0, 0.05) is 35.8 Å². The Kier molecular flexibility index (Phi) is 8.33. The van der Waals surface area contributed by atoms with Crippen LogP contribution in [0.1, 0.15) is 54.3 Å². The lowest BCUT2D eigenvalue weighted by Gasteiger charge is -2.33. The zero-order valence-electron chi connectivity index (χ0n) is 20.2. The number of benzene rings is 1. The maximum atomic E-state index is 13.7. The molecule has 188 valence electrons. The summed E-state index contributed by atoms with van der Waals surface area (Å²) in [5.74, 6) is -0.681. The minimum absolute atomic E-state index is 0.0475. The second-order valence-electron chi connectivity index (χ2n) is 8.66. The third-order valence-corrected chi connectivity index (χ3v) is 6.20. The Hall–Kier alpha value is -4.14. The Morgan fingerprint density at radius 3 is 2.64 bits per heavy atom. The average Bonchev–Trinajstić information content (AvgIpc) is 3.46. The summed E-state index contributed by atoms with van der Waals surface area (Å²) in [6.45, 7) is -0.343. The van der Waals surface area contributed by atoms with E-state index in [0.29, 0.717) is 17.0 Å². The van der Waals surface area contributed by atoms with Gasteiger partial charge in [0.15, 0.2) is 5.76 Å². The molecule has 0 radical (unpaired) electrons. The van der Waals surface area contributed by atoms with E-state index < -0.39 is 17.9 Å². The van der Waals surface area contributed by atoms with Crippen LogP contribution in [0.4, 0.5) is 5.69 Å². The van der Waals surface area contributed by atoms with Crippen LogP contribution in [-0.2, 0) is 9.59 Å². The number of pyridine rings is 1. The summed E-state index contributed by atoms with van der Waals surface area (Å²) in [5.41, 5.74) is 1.01. The number of amides is 3. The van der Waals surface area contributed by atoms with Crippen LogP contribution in [-0.4, -0.2) is 42.4 Å². The molecule has 1 saturated carbocycles. The van der Waals surface area contributed by atoms with Crippen LogP contribution in [0.2, 0.25) is 0 Å². The van der Waals surface area contributed by atoms with Gasteiger partial charge in [-0.2, -0.15) is 0 Å². The van der Waals surface area contributed by atoms with Crippen molar-refractivity contribution in [1.82, 2.24) is 15.6 Å². The van der Waals surface area contributed by atoms with Gasteiger partial charge in [0.2, 0.25) is 11.8 Å². The van der Waals surface area contributed by atoms with Crippen LogP contribution < -0.4 is 20.3 Å². The number of methoxy groups -OCH3 is 1. The van der Waals surface area contributed by atoms with Crippen molar-refractivity contribution in [3.05, 3.63) is 78.5 Å². The molecular formula is C27H30N4O5. The molecule has 0 saturated heterocycles. The molecule has 9 heteroatoms. The lowest BCUT2D eigenvalue weighted by Crippen LogP contribution is -2.49. The fourth-order valence-electron chi connectivity index (χ4n) is 4.42. The molecule has 4 rings (SSSR count). The van der Waals surface area contributed by atoms with Crippen LogP contribution in [0.3, 0.4) is 0 Å². The first-order valence-corrected chi connectivity index (χ1v) is 12.0. The highest BCUT2D eigenvalue weighted by atomic mass is 16.5. The van der Waals surface area contributed by atoms with E-state index in [2.05, 4.69) is 15.6 Å². The first-order valence-electron chi connectivity index (χ1n) is 12.0. The highest BCUT2D eigenvalue weighted by Crippen LogP contribution is 2.31. The Balaban J connectivity index is 1.67. The van der Waals surface area contributed by atoms with Crippen molar-refractivity contribution in [2.45, 2.75) is 44.2 Å². The number of carbonyl (C=O) groups excluding carboxylic acids is 3. The number of carbonyl (C=O) groups is 3. The number of nitrogens with one attached hydrogen (secondary N) is 2. The van der Waals surface area contributed by atoms with Gasteiger partial charge in [-0.15, -0.1) is 0 Å². The largest absolute Gasteiger partial charge is 0.497 e. The smallest absolute Gasteiger partial charge is 0.287 e. The van der Waals surface area contributed by atoms with E-state index >= 15 is 0 Å². The number of furan rings is 1. The van der Waals surface area contributed by atoms with Gasteiger partial charge in [0.1, 0.15) is 11.8 Å². The highest BCUT2D eigenvalue weighted by molar-refractivity contribution is 6.04. The number of hydrogen-bond donors (Lipinski definition) is 2. The predicted molar refractivity (Wildman–Crippen MR) is 134 cm³/mol. The molecule has 1 aliphatic rings. The van der Waals surface area contributed by atoms with Gasteiger partial charge in [-0.05, 0) is 43.2 Å². The van der Waals surface area contributed by atoms with Crippen molar-refractivity contribution >= 4 is 23.4 Å². The Morgan fingerprint density at radius 2 is 1.94 bits per heavy atom. The molecule has 3 amide bonds. The third kappa shape index (κ3) is 6.10. The lowest BCUT2D eigenvalue weighted by molar-refractivity contribution is -0.127. The molecule has 36 heavy (non-hydrogen) atoms. The monoisotopic (exact) mass is 490 g/mol. The summed E-state index contributed by atoms with van der Waals surface area (Å²) in [6.07, 6.45) is 9.64. The van der Waals surface area contributed by atoms with E-state index in [9.17, 15) is 14.4 Å². The van der Waals surface area contributed by atoms with Gasteiger partial charge in [-0.1, -0.05) is 31.4 Å². The fourth-order valence-corrected chi connectivity index (χ4v) is 4.42. The molecule has 2 heterocycles. The molecule has 0 bridgehead atoms. The molecule has 1 aliphatic carbocycles. The van der Waals surface area contributed by atoms with Crippen molar-refractivity contribution in [3.8, 4) is 5.75 Å². The summed E-state index contributed by atoms with van der Waals surface area (Å²) >= 11 is 0. The van der Waals surface area contributed by atoms with Crippen molar-refractivity contribution in [2.24, 2.45) is 0 Å². The van der Waals surface area contributed by atoms with E-state index in [1.54, 1.807) is 54.9 Å². The molecule has 2 N–H and O–H groups in total. The molecule has 0 spiro atoms. The number of ether oxygens (including phenoxy) is 1. The maximum absolute atomic E-state index is 13.7. The minimum atomic E-state index is -0.999. The fraction of sp³-hybridized carbons (Fsp3) is 0.333. The molecule has 1 fully saturated rings. The summed E-state index contributed by atoms with van der Waals surface area (Å²) in [5, 5.41) is 5.73. The van der Waals surface area contributed by atoms with Crippen LogP contribution in [0, 0.1) is 0 Å². The first kappa shape index (κ1) is 25.0. The summed E-state index contributed by atoms with van der Waals surface area (Å²) < 4.78 is 10.5. The van der Waals surface area contributed by atoms with Crippen molar-refractivity contribution in [2.75, 3.05) is 18.6 Å². The number of anilines is 1. The van der Waals surface area contributed by atoms with Crippen LogP contribution in [0.15, 0.2) is 71.6 Å². The number of hydrogen-bond acceptors (Lipinski definition) is 6. The van der Waals surface area contributed by atoms with Gasteiger partial charge < -0.3 is 19.8 Å². The Morgan fingerprint density at radius 1 is 1.11 bits per heavy atom. The molecular weight excluding hydrogens is 460 g/mol. The molecule has 2 aromatic heterocycles.